The maximum Gasteiger partial charge on any atom is 0.271 e. The van der Waals surface area contributed by atoms with Gasteiger partial charge in [0.25, 0.3) is 5.91 Å². The highest BCUT2D eigenvalue weighted by Crippen LogP contribution is 2.31. The number of rotatable bonds is 7. The van der Waals surface area contributed by atoms with Crippen LogP contribution >= 0.6 is 34.7 Å². The van der Waals surface area contributed by atoms with Crippen molar-refractivity contribution in [2.45, 2.75) is 36.6 Å². The van der Waals surface area contributed by atoms with Gasteiger partial charge in [0.1, 0.15) is 5.69 Å². The van der Waals surface area contributed by atoms with E-state index >= 15 is 0 Å². The molecule has 0 bridgehead atoms. The minimum absolute atomic E-state index is 0.103. The molecule has 0 atom stereocenters. The Morgan fingerprint density at radius 3 is 2.55 bits per heavy atom. The first-order valence-electron chi connectivity index (χ1n) is 10.9. The van der Waals surface area contributed by atoms with Gasteiger partial charge in [-0.25, -0.2) is 4.98 Å². The summed E-state index contributed by atoms with van der Waals surface area (Å²) in [5.41, 5.74) is 2.43. The van der Waals surface area contributed by atoms with Crippen molar-refractivity contribution in [1.29, 1.82) is 0 Å². The van der Waals surface area contributed by atoms with Gasteiger partial charge in [0.2, 0.25) is 5.91 Å². The number of nitrogens with one attached hydrogen (secondary N) is 1. The van der Waals surface area contributed by atoms with Crippen molar-refractivity contribution >= 4 is 46.5 Å². The number of carbonyl (C=O) groups is 2. The van der Waals surface area contributed by atoms with Crippen LogP contribution in [0.1, 0.15) is 45.4 Å². The Morgan fingerprint density at radius 1 is 1.12 bits per heavy atom. The van der Waals surface area contributed by atoms with Gasteiger partial charge >= 0.3 is 0 Å². The van der Waals surface area contributed by atoms with Gasteiger partial charge in [-0.15, -0.1) is 23.1 Å². The summed E-state index contributed by atoms with van der Waals surface area (Å²) in [6.07, 6.45) is 4.06. The van der Waals surface area contributed by atoms with E-state index in [1.165, 1.54) is 11.3 Å². The highest BCUT2D eigenvalue weighted by atomic mass is 35.5. The average molecular weight is 500 g/mol. The highest BCUT2D eigenvalue weighted by molar-refractivity contribution is 7.98. The Bertz CT molecular complexity index is 1130. The standard InChI is InChI=1S/C25H26ClN3O2S2/c1-32-22-9-5-3-7-19(22)15-27-24(31)21-16-33-25(28-21)17-10-12-29(13-11-17)23(30)14-18-6-2-4-8-20(18)26/h2-9,16-17H,10-15H2,1H3,(H,27,31). The molecule has 0 radical (unpaired) electrons. The number of hydrogen-bond donors (Lipinski definition) is 1. The topological polar surface area (TPSA) is 62.3 Å². The number of piperidine rings is 1. The van der Waals surface area contributed by atoms with Crippen LogP contribution in [0.15, 0.2) is 58.8 Å². The van der Waals surface area contributed by atoms with Crippen LogP contribution in [-0.2, 0) is 17.8 Å². The second-order valence-electron chi connectivity index (χ2n) is 7.99. The van der Waals surface area contributed by atoms with E-state index in [0.29, 0.717) is 36.8 Å². The predicted octanol–water partition coefficient (Wildman–Crippen LogP) is 5.40. The molecule has 2 heterocycles. The quantitative estimate of drug-likeness (QED) is 0.442. The van der Waals surface area contributed by atoms with Gasteiger partial charge in [-0.2, -0.15) is 0 Å². The average Bonchev–Trinajstić information content (AvgIpc) is 3.35. The van der Waals surface area contributed by atoms with E-state index < -0.39 is 0 Å². The maximum absolute atomic E-state index is 12.7. The highest BCUT2D eigenvalue weighted by Gasteiger charge is 2.26. The minimum Gasteiger partial charge on any atom is -0.347 e. The fraction of sp³-hybridized carbons (Fsp3) is 0.320. The van der Waals surface area contributed by atoms with E-state index in [-0.39, 0.29) is 17.7 Å². The second kappa shape index (κ2) is 11.2. The molecule has 4 rings (SSSR count). The number of benzene rings is 2. The van der Waals surface area contributed by atoms with Gasteiger partial charge in [-0.3, -0.25) is 9.59 Å². The zero-order valence-corrected chi connectivity index (χ0v) is 20.8. The molecule has 0 saturated carbocycles. The number of thiazole rings is 1. The zero-order chi connectivity index (χ0) is 23.2. The number of carbonyl (C=O) groups excluding carboxylic acids is 2. The zero-order valence-electron chi connectivity index (χ0n) is 18.4. The lowest BCUT2D eigenvalue weighted by atomic mass is 9.97. The summed E-state index contributed by atoms with van der Waals surface area (Å²) >= 11 is 9.40. The van der Waals surface area contributed by atoms with Crippen LogP contribution in [0.4, 0.5) is 0 Å². The van der Waals surface area contributed by atoms with Crippen molar-refractivity contribution in [3.63, 3.8) is 0 Å². The molecule has 0 spiro atoms. The van der Waals surface area contributed by atoms with E-state index in [1.54, 1.807) is 11.8 Å². The van der Waals surface area contributed by atoms with Gasteiger partial charge in [0.05, 0.1) is 11.4 Å². The normalized spacial score (nSPS) is 14.3. The molecule has 1 N–H and O–H groups in total. The van der Waals surface area contributed by atoms with Crippen molar-refractivity contribution in [3.8, 4) is 0 Å². The van der Waals surface area contributed by atoms with E-state index in [2.05, 4.69) is 16.4 Å². The smallest absolute Gasteiger partial charge is 0.271 e. The molecule has 1 aromatic heterocycles. The van der Waals surface area contributed by atoms with Crippen molar-refractivity contribution in [2.75, 3.05) is 19.3 Å². The monoisotopic (exact) mass is 499 g/mol. The lowest BCUT2D eigenvalue weighted by molar-refractivity contribution is -0.131. The number of hydrogen-bond acceptors (Lipinski definition) is 5. The Balaban J connectivity index is 1.29. The largest absolute Gasteiger partial charge is 0.347 e. The summed E-state index contributed by atoms with van der Waals surface area (Å²) in [6.45, 7) is 1.87. The van der Waals surface area contributed by atoms with Crippen molar-refractivity contribution < 1.29 is 9.59 Å². The molecule has 172 valence electrons. The van der Waals surface area contributed by atoms with E-state index in [9.17, 15) is 9.59 Å². The third-order valence-electron chi connectivity index (χ3n) is 5.88. The third kappa shape index (κ3) is 5.96. The number of aromatic nitrogens is 1. The Labute approximate surface area is 207 Å². The number of halogens is 1. The van der Waals surface area contributed by atoms with E-state index in [4.69, 9.17) is 11.6 Å². The molecule has 2 amide bonds. The van der Waals surface area contributed by atoms with Gasteiger partial charge in [-0.1, -0.05) is 48.0 Å². The lowest BCUT2D eigenvalue weighted by Gasteiger charge is -2.31. The summed E-state index contributed by atoms with van der Waals surface area (Å²) in [5.74, 6) is 0.227. The van der Waals surface area contributed by atoms with Crippen LogP contribution in [0.2, 0.25) is 5.02 Å². The first-order chi connectivity index (χ1) is 16.0. The SMILES string of the molecule is CSc1ccccc1CNC(=O)c1csc(C2CCN(C(=O)Cc3ccccc3Cl)CC2)n1. The van der Waals surface area contributed by atoms with Crippen LogP contribution in [0.5, 0.6) is 0 Å². The fourth-order valence-corrected chi connectivity index (χ4v) is 5.78. The fourth-order valence-electron chi connectivity index (χ4n) is 3.99. The number of thioether (sulfide) groups is 1. The van der Waals surface area contributed by atoms with Crippen molar-refractivity contribution in [2.24, 2.45) is 0 Å². The maximum atomic E-state index is 12.7. The molecule has 2 aromatic carbocycles. The third-order valence-corrected chi connectivity index (χ3v) is 8.10. The Kier molecular flexibility index (Phi) is 8.06. The van der Waals surface area contributed by atoms with E-state index in [0.717, 1.165) is 33.9 Å². The van der Waals surface area contributed by atoms with Gasteiger partial charge in [-0.05, 0) is 42.4 Å². The van der Waals surface area contributed by atoms with E-state index in [1.807, 2.05) is 59.0 Å². The molecular formula is C25H26ClN3O2S2. The van der Waals surface area contributed by atoms with Crippen molar-refractivity contribution in [1.82, 2.24) is 15.2 Å². The summed E-state index contributed by atoms with van der Waals surface area (Å²) in [4.78, 5) is 33.0. The molecule has 1 fully saturated rings. The Hall–Kier alpha value is -2.35. The molecule has 3 aromatic rings. The van der Waals surface area contributed by atoms with Gasteiger partial charge < -0.3 is 10.2 Å². The first-order valence-corrected chi connectivity index (χ1v) is 13.4. The van der Waals surface area contributed by atoms with Crippen LogP contribution in [-0.4, -0.2) is 41.0 Å². The second-order valence-corrected chi connectivity index (χ2v) is 10.1. The van der Waals surface area contributed by atoms with Crippen LogP contribution in [0.3, 0.4) is 0 Å². The molecule has 0 aliphatic carbocycles. The Morgan fingerprint density at radius 2 is 1.82 bits per heavy atom. The molecule has 8 heteroatoms. The molecule has 0 unspecified atom stereocenters. The molecule has 1 saturated heterocycles. The summed E-state index contributed by atoms with van der Waals surface area (Å²) in [7, 11) is 0. The van der Waals surface area contributed by atoms with Crippen molar-refractivity contribution in [3.05, 3.63) is 80.8 Å². The van der Waals surface area contributed by atoms with Gasteiger partial charge in [0, 0.05) is 40.9 Å². The van der Waals surface area contributed by atoms with Crippen LogP contribution < -0.4 is 5.32 Å². The summed E-state index contributed by atoms with van der Waals surface area (Å²) < 4.78 is 0. The molecule has 1 aliphatic rings. The molecular weight excluding hydrogens is 474 g/mol. The molecule has 33 heavy (non-hydrogen) atoms. The lowest BCUT2D eigenvalue weighted by Crippen LogP contribution is -2.38. The number of nitrogens with zero attached hydrogens (tertiary/aromatic N) is 2. The number of amides is 2. The summed E-state index contributed by atoms with van der Waals surface area (Å²) in [6, 6.07) is 15.5. The van der Waals surface area contributed by atoms with Crippen LogP contribution in [0, 0.1) is 0 Å². The minimum atomic E-state index is -0.152. The summed E-state index contributed by atoms with van der Waals surface area (Å²) in [5, 5.41) is 6.42. The molecule has 1 aliphatic heterocycles. The molecule has 5 nitrogen and oxygen atoms in total. The predicted molar refractivity (Wildman–Crippen MR) is 135 cm³/mol. The first kappa shape index (κ1) is 23.8. The van der Waals surface area contributed by atoms with Crippen LogP contribution in [0.25, 0.3) is 0 Å². The van der Waals surface area contributed by atoms with Gasteiger partial charge in [0.15, 0.2) is 0 Å². The number of likely N-dealkylation sites (tertiary alicyclic amines) is 1.